The molecule has 1 unspecified atom stereocenters. The van der Waals surface area contributed by atoms with E-state index in [2.05, 4.69) is 53.8 Å². The summed E-state index contributed by atoms with van der Waals surface area (Å²) in [4.78, 5) is 54.4. The number of rotatable bonds is 3. The summed E-state index contributed by atoms with van der Waals surface area (Å²) in [6.07, 6.45) is 8.03. The van der Waals surface area contributed by atoms with Crippen molar-refractivity contribution in [3.05, 3.63) is 11.1 Å². The van der Waals surface area contributed by atoms with Gasteiger partial charge in [0.25, 0.3) is 0 Å². The van der Waals surface area contributed by atoms with Gasteiger partial charge in [-0.05, 0) is 90.9 Å². The summed E-state index contributed by atoms with van der Waals surface area (Å²) in [5.74, 6) is 0.839. The third-order valence-corrected chi connectivity index (χ3v) is 14.3. The van der Waals surface area contributed by atoms with E-state index in [1.807, 2.05) is 0 Å². The molecule has 4 saturated carbocycles. The fourth-order valence-electron chi connectivity index (χ4n) is 12.3. The Balaban J connectivity index is 1.43. The first-order valence-electron chi connectivity index (χ1n) is 17.0. The van der Waals surface area contributed by atoms with E-state index < -0.39 is 5.41 Å². The molecule has 7 heteroatoms. The zero-order valence-corrected chi connectivity index (χ0v) is 27.9. The minimum Gasteiger partial charge on any atom is -0.462 e. The maximum Gasteiger partial charge on any atom is 0.302 e. The Labute approximate surface area is 258 Å². The highest BCUT2D eigenvalue weighted by molar-refractivity contribution is 6.01. The SMILES string of the molecule is CC(=O)O[C@H]1CC[C@]2(C)[C@H]3CCC4=C5C(C(C)C)C(=O)C[C@]5(C(=O)N5CCNC(=O)C5)CC[C@@]4(C)[C@]3(C)CC[C@H]2C1(C)C. The molecule has 5 aliphatic carbocycles. The molecule has 5 fully saturated rings. The number of fused-ring (bicyclic) bond motifs is 6. The Bertz CT molecular complexity index is 1280. The van der Waals surface area contributed by atoms with Crippen LogP contribution >= 0.6 is 0 Å². The Hall–Kier alpha value is -2.18. The lowest BCUT2D eigenvalue weighted by Crippen LogP contribution is -2.64. The van der Waals surface area contributed by atoms with Crippen LogP contribution in [0.1, 0.15) is 113 Å². The summed E-state index contributed by atoms with van der Waals surface area (Å²) < 4.78 is 5.91. The van der Waals surface area contributed by atoms with E-state index in [-0.39, 0.29) is 76.1 Å². The number of carbonyl (C=O) groups excluding carboxylic acids is 4. The molecule has 1 heterocycles. The molecule has 6 rings (SSSR count). The zero-order valence-electron chi connectivity index (χ0n) is 27.9. The molecule has 0 aromatic heterocycles. The lowest BCUT2D eigenvalue weighted by molar-refractivity contribution is -0.213. The summed E-state index contributed by atoms with van der Waals surface area (Å²) in [5, 5.41) is 2.86. The van der Waals surface area contributed by atoms with Crippen molar-refractivity contribution in [2.75, 3.05) is 19.6 Å². The number of hydrogen-bond donors (Lipinski definition) is 1. The zero-order chi connectivity index (χ0) is 31.3. The van der Waals surface area contributed by atoms with Crippen molar-refractivity contribution in [2.45, 2.75) is 119 Å². The molecule has 0 bridgehead atoms. The third-order valence-electron chi connectivity index (χ3n) is 14.3. The smallest absolute Gasteiger partial charge is 0.302 e. The number of piperazine rings is 1. The third kappa shape index (κ3) is 4.10. The number of esters is 1. The van der Waals surface area contributed by atoms with Gasteiger partial charge in [0.2, 0.25) is 11.8 Å². The van der Waals surface area contributed by atoms with Crippen LogP contribution < -0.4 is 5.32 Å². The predicted octanol–water partition coefficient (Wildman–Crippen LogP) is 5.86. The molecule has 0 aromatic carbocycles. The fourth-order valence-corrected chi connectivity index (χ4v) is 12.3. The van der Waals surface area contributed by atoms with Crippen LogP contribution in [0, 0.1) is 50.7 Å². The van der Waals surface area contributed by atoms with Crippen LogP contribution in [0.5, 0.6) is 0 Å². The number of Topliss-reactive ketones (excluding diaryl/α,β-unsaturated/α-hetero) is 1. The van der Waals surface area contributed by atoms with Gasteiger partial charge in [-0.3, -0.25) is 19.2 Å². The molecule has 1 N–H and O–H groups in total. The van der Waals surface area contributed by atoms with Gasteiger partial charge in [0, 0.05) is 37.8 Å². The van der Waals surface area contributed by atoms with Gasteiger partial charge in [-0.15, -0.1) is 0 Å². The number of nitrogens with one attached hydrogen (secondary N) is 1. The molecule has 238 valence electrons. The number of carbonyl (C=O) groups is 4. The highest BCUT2D eigenvalue weighted by Crippen LogP contribution is 2.76. The van der Waals surface area contributed by atoms with Crippen LogP contribution in [0.2, 0.25) is 0 Å². The lowest BCUT2D eigenvalue weighted by Gasteiger charge is -2.70. The molecule has 6 aliphatic rings. The summed E-state index contributed by atoms with van der Waals surface area (Å²) in [7, 11) is 0. The summed E-state index contributed by atoms with van der Waals surface area (Å²) in [6.45, 7) is 19.1. The van der Waals surface area contributed by atoms with Gasteiger partial charge in [-0.25, -0.2) is 0 Å². The quantitative estimate of drug-likeness (QED) is 0.327. The largest absolute Gasteiger partial charge is 0.462 e. The Kier molecular flexibility index (Phi) is 7.10. The van der Waals surface area contributed by atoms with Gasteiger partial charge in [0.1, 0.15) is 11.9 Å². The fraction of sp³-hybridized carbons (Fsp3) is 0.833. The van der Waals surface area contributed by atoms with E-state index in [1.165, 1.54) is 12.5 Å². The monoisotopic (exact) mass is 594 g/mol. The van der Waals surface area contributed by atoms with E-state index in [0.717, 1.165) is 50.5 Å². The second-order valence-corrected chi connectivity index (χ2v) is 16.8. The Morgan fingerprint density at radius 3 is 2.33 bits per heavy atom. The average molecular weight is 595 g/mol. The van der Waals surface area contributed by atoms with Crippen LogP contribution in [0.4, 0.5) is 0 Å². The number of hydrogen-bond acceptors (Lipinski definition) is 5. The van der Waals surface area contributed by atoms with E-state index in [9.17, 15) is 19.2 Å². The predicted molar refractivity (Wildman–Crippen MR) is 165 cm³/mol. The molecule has 43 heavy (non-hydrogen) atoms. The van der Waals surface area contributed by atoms with Crippen LogP contribution in [0.25, 0.3) is 0 Å². The summed E-state index contributed by atoms with van der Waals surface area (Å²) >= 11 is 0. The number of amides is 2. The molecule has 1 aliphatic heterocycles. The second-order valence-electron chi connectivity index (χ2n) is 16.8. The highest BCUT2D eigenvalue weighted by atomic mass is 16.5. The van der Waals surface area contributed by atoms with Gasteiger partial charge in [-0.1, -0.05) is 54.0 Å². The van der Waals surface area contributed by atoms with Crippen LogP contribution in [-0.2, 0) is 23.9 Å². The second kappa shape index (κ2) is 9.91. The van der Waals surface area contributed by atoms with Crippen LogP contribution in [0.15, 0.2) is 11.1 Å². The molecule has 0 aromatic rings. The van der Waals surface area contributed by atoms with Crippen molar-refractivity contribution in [3.63, 3.8) is 0 Å². The minimum absolute atomic E-state index is 0.0110. The molecule has 0 radical (unpaired) electrons. The first-order valence-corrected chi connectivity index (χ1v) is 17.0. The molecule has 0 spiro atoms. The topological polar surface area (TPSA) is 92.8 Å². The molecule has 1 saturated heterocycles. The van der Waals surface area contributed by atoms with Gasteiger partial charge < -0.3 is 15.0 Å². The molecular formula is C36H54N2O5. The molecule has 7 nitrogen and oxygen atoms in total. The number of nitrogens with zero attached hydrogens (tertiary/aromatic N) is 1. The molecular weight excluding hydrogens is 540 g/mol. The Morgan fingerprint density at radius 1 is 0.953 bits per heavy atom. The first kappa shape index (κ1) is 30.8. The van der Waals surface area contributed by atoms with Crippen molar-refractivity contribution in [1.82, 2.24) is 10.2 Å². The van der Waals surface area contributed by atoms with Crippen molar-refractivity contribution in [1.29, 1.82) is 0 Å². The minimum atomic E-state index is -0.799. The maximum absolute atomic E-state index is 14.5. The van der Waals surface area contributed by atoms with Gasteiger partial charge >= 0.3 is 5.97 Å². The molecule has 2 amide bonds. The van der Waals surface area contributed by atoms with Crippen LogP contribution in [0.3, 0.4) is 0 Å². The standard InChI is InChI=1S/C36H54N2O5/c1-21(2)29-24(40)19-36(31(42)38-18-17-37-28(41)20-38)16-15-34(7)23(30(29)36)9-10-26-33(6)13-12-27(43-22(3)39)32(4,5)25(33)11-14-35(26,34)8/h21,25-27,29H,9-20H2,1-8H3,(H,37,41)/t25-,26+,27-,29?,33-,34+,35+,36+/m0/s1. The van der Waals surface area contributed by atoms with E-state index >= 15 is 0 Å². The van der Waals surface area contributed by atoms with Crippen LogP contribution in [-0.4, -0.2) is 54.2 Å². The van der Waals surface area contributed by atoms with Crippen molar-refractivity contribution in [3.8, 4) is 0 Å². The number of ether oxygens (including phenoxy) is 1. The number of ketones is 1. The Morgan fingerprint density at radius 2 is 1.67 bits per heavy atom. The lowest BCUT2D eigenvalue weighted by atomic mass is 9.34. The molecule has 8 atom stereocenters. The number of allylic oxidation sites excluding steroid dienone is 1. The maximum atomic E-state index is 14.5. The van der Waals surface area contributed by atoms with Crippen molar-refractivity contribution in [2.24, 2.45) is 50.7 Å². The normalized spacial score (nSPS) is 43.8. The van der Waals surface area contributed by atoms with Crippen molar-refractivity contribution >= 4 is 23.6 Å². The van der Waals surface area contributed by atoms with Gasteiger partial charge in [0.05, 0.1) is 12.0 Å². The van der Waals surface area contributed by atoms with E-state index in [1.54, 1.807) is 4.90 Å². The van der Waals surface area contributed by atoms with Gasteiger partial charge in [-0.2, -0.15) is 0 Å². The average Bonchev–Trinajstić information content (AvgIpc) is 3.23. The van der Waals surface area contributed by atoms with Gasteiger partial charge in [0.15, 0.2) is 0 Å². The first-order chi connectivity index (χ1) is 20.0. The summed E-state index contributed by atoms with van der Waals surface area (Å²) in [6, 6.07) is 0. The summed E-state index contributed by atoms with van der Waals surface area (Å²) in [5.41, 5.74) is 1.78. The highest BCUT2D eigenvalue weighted by Gasteiger charge is 2.70. The van der Waals surface area contributed by atoms with E-state index in [4.69, 9.17) is 4.74 Å². The van der Waals surface area contributed by atoms with E-state index in [0.29, 0.717) is 31.3 Å². The van der Waals surface area contributed by atoms with Crippen molar-refractivity contribution < 1.29 is 23.9 Å².